The Balaban J connectivity index is 2.55. The highest BCUT2D eigenvalue weighted by Crippen LogP contribution is 2.39. The zero-order chi connectivity index (χ0) is 15.2. The summed E-state index contributed by atoms with van der Waals surface area (Å²) in [5, 5.41) is 3.86. The lowest BCUT2D eigenvalue weighted by molar-refractivity contribution is 0.0843. The van der Waals surface area contributed by atoms with Crippen molar-refractivity contribution in [1.29, 1.82) is 0 Å². The van der Waals surface area contributed by atoms with Gasteiger partial charge in [-0.05, 0) is 63.1 Å². The molecule has 0 aromatic rings. The molecular weight excluding hydrogens is 244 g/mol. The molecule has 20 heavy (non-hydrogen) atoms. The minimum atomic E-state index is 0.455. The van der Waals surface area contributed by atoms with Gasteiger partial charge >= 0.3 is 0 Å². The van der Waals surface area contributed by atoms with E-state index in [2.05, 4.69) is 51.9 Å². The Kier molecular flexibility index (Phi) is 7.53. The molecule has 0 radical (unpaired) electrons. The number of hydrogen-bond acceptors (Lipinski definition) is 2. The molecule has 1 aliphatic carbocycles. The van der Waals surface area contributed by atoms with E-state index in [4.69, 9.17) is 0 Å². The van der Waals surface area contributed by atoms with Crippen molar-refractivity contribution in [3.05, 3.63) is 0 Å². The molecule has 2 heteroatoms. The Morgan fingerprint density at radius 3 is 2.60 bits per heavy atom. The molecule has 2 nitrogen and oxygen atoms in total. The maximum Gasteiger partial charge on any atom is 0.0159 e. The zero-order valence-corrected chi connectivity index (χ0v) is 14.8. The molecule has 0 spiro atoms. The number of rotatable bonds is 8. The van der Waals surface area contributed by atoms with E-state index < -0.39 is 0 Å². The van der Waals surface area contributed by atoms with E-state index >= 15 is 0 Å². The van der Waals surface area contributed by atoms with Crippen LogP contribution in [0, 0.1) is 17.3 Å². The van der Waals surface area contributed by atoms with Crippen molar-refractivity contribution in [3.8, 4) is 0 Å². The summed E-state index contributed by atoms with van der Waals surface area (Å²) in [7, 11) is 2.31. The van der Waals surface area contributed by atoms with Crippen LogP contribution in [0.4, 0.5) is 0 Å². The molecule has 1 fully saturated rings. The Labute approximate surface area is 127 Å². The predicted molar refractivity (Wildman–Crippen MR) is 90.2 cm³/mol. The van der Waals surface area contributed by atoms with Crippen LogP contribution in [0.1, 0.15) is 66.7 Å². The van der Waals surface area contributed by atoms with E-state index in [1.54, 1.807) is 0 Å². The normalized spacial score (nSPS) is 26.4. The summed E-state index contributed by atoms with van der Waals surface area (Å²) in [5.41, 5.74) is 0.455. The van der Waals surface area contributed by atoms with E-state index in [0.29, 0.717) is 11.5 Å². The third-order valence-corrected chi connectivity index (χ3v) is 4.96. The summed E-state index contributed by atoms with van der Waals surface area (Å²) < 4.78 is 0. The van der Waals surface area contributed by atoms with Crippen LogP contribution in [0.15, 0.2) is 0 Å². The summed E-state index contributed by atoms with van der Waals surface area (Å²) in [6.45, 7) is 15.5. The first-order valence-corrected chi connectivity index (χ1v) is 8.78. The van der Waals surface area contributed by atoms with Gasteiger partial charge in [0, 0.05) is 12.6 Å². The minimum Gasteiger partial charge on any atom is -0.313 e. The number of nitrogens with one attached hydrogen (secondary N) is 1. The lowest BCUT2D eigenvalue weighted by Gasteiger charge is -2.46. The largest absolute Gasteiger partial charge is 0.313 e. The molecular formula is C18H38N2. The SMILES string of the molecule is CCCNC1C(CN(C)CCC(C)C)CCCC1(C)C. The third kappa shape index (κ3) is 5.73. The fraction of sp³-hybridized carbons (Fsp3) is 1.00. The Morgan fingerprint density at radius 1 is 1.30 bits per heavy atom. The average molecular weight is 283 g/mol. The summed E-state index contributed by atoms with van der Waals surface area (Å²) in [5.74, 6) is 1.64. The minimum absolute atomic E-state index is 0.455. The van der Waals surface area contributed by atoms with Gasteiger partial charge < -0.3 is 10.2 Å². The van der Waals surface area contributed by atoms with Gasteiger partial charge in [0.05, 0.1) is 0 Å². The van der Waals surface area contributed by atoms with Crippen molar-refractivity contribution in [2.75, 3.05) is 26.7 Å². The highest BCUT2D eigenvalue weighted by molar-refractivity contribution is 4.94. The van der Waals surface area contributed by atoms with Gasteiger partial charge in [0.25, 0.3) is 0 Å². The topological polar surface area (TPSA) is 15.3 Å². The number of nitrogens with zero attached hydrogens (tertiary/aromatic N) is 1. The lowest BCUT2D eigenvalue weighted by Crippen LogP contribution is -2.52. The van der Waals surface area contributed by atoms with Crippen molar-refractivity contribution < 1.29 is 0 Å². The van der Waals surface area contributed by atoms with Crippen molar-refractivity contribution in [1.82, 2.24) is 10.2 Å². The lowest BCUT2D eigenvalue weighted by atomic mass is 9.67. The first kappa shape index (κ1) is 18.0. The smallest absolute Gasteiger partial charge is 0.0159 e. The average Bonchev–Trinajstić information content (AvgIpc) is 2.35. The second kappa shape index (κ2) is 8.38. The van der Waals surface area contributed by atoms with E-state index in [1.165, 1.54) is 51.7 Å². The van der Waals surface area contributed by atoms with Crippen molar-refractivity contribution >= 4 is 0 Å². The second-order valence-electron chi connectivity index (χ2n) is 8.02. The molecule has 1 aliphatic rings. The predicted octanol–water partition coefficient (Wildman–Crippen LogP) is 4.16. The zero-order valence-electron chi connectivity index (χ0n) is 14.8. The molecule has 1 saturated carbocycles. The van der Waals surface area contributed by atoms with Gasteiger partial charge in [-0.25, -0.2) is 0 Å². The Morgan fingerprint density at radius 2 is 2.00 bits per heavy atom. The molecule has 0 aromatic carbocycles. The van der Waals surface area contributed by atoms with Gasteiger partial charge in [-0.2, -0.15) is 0 Å². The monoisotopic (exact) mass is 282 g/mol. The summed E-state index contributed by atoms with van der Waals surface area (Å²) in [4.78, 5) is 2.56. The standard InChI is InChI=1S/C18H38N2/c1-7-12-19-17-16(9-8-11-18(17,4)5)14-20(6)13-10-15(2)3/h15-17,19H,7-14H2,1-6H3. The van der Waals surface area contributed by atoms with Crippen LogP contribution in [-0.4, -0.2) is 37.6 Å². The Bertz CT molecular complexity index is 260. The molecule has 2 atom stereocenters. The first-order chi connectivity index (χ1) is 9.36. The molecule has 1 N–H and O–H groups in total. The van der Waals surface area contributed by atoms with E-state index in [-0.39, 0.29) is 0 Å². The van der Waals surface area contributed by atoms with Crippen LogP contribution in [0.5, 0.6) is 0 Å². The van der Waals surface area contributed by atoms with E-state index in [0.717, 1.165) is 11.8 Å². The van der Waals surface area contributed by atoms with Gasteiger partial charge in [-0.3, -0.25) is 0 Å². The maximum atomic E-state index is 3.86. The second-order valence-corrected chi connectivity index (χ2v) is 8.02. The summed E-state index contributed by atoms with van der Waals surface area (Å²) >= 11 is 0. The maximum absolute atomic E-state index is 3.86. The molecule has 0 amide bonds. The van der Waals surface area contributed by atoms with Gasteiger partial charge in [0.1, 0.15) is 0 Å². The highest BCUT2D eigenvalue weighted by Gasteiger charge is 2.38. The number of hydrogen-bond donors (Lipinski definition) is 1. The highest BCUT2D eigenvalue weighted by atomic mass is 15.1. The van der Waals surface area contributed by atoms with Crippen LogP contribution in [0.2, 0.25) is 0 Å². The molecule has 1 rings (SSSR count). The van der Waals surface area contributed by atoms with Gasteiger partial charge in [0.2, 0.25) is 0 Å². The third-order valence-electron chi connectivity index (χ3n) is 4.96. The molecule has 0 heterocycles. The quantitative estimate of drug-likeness (QED) is 0.719. The fourth-order valence-corrected chi connectivity index (χ4v) is 3.69. The van der Waals surface area contributed by atoms with Crippen LogP contribution in [-0.2, 0) is 0 Å². The Hall–Kier alpha value is -0.0800. The molecule has 120 valence electrons. The molecule has 0 bridgehead atoms. The van der Waals surface area contributed by atoms with Crippen LogP contribution in [0.3, 0.4) is 0 Å². The van der Waals surface area contributed by atoms with Crippen LogP contribution >= 0.6 is 0 Å². The fourth-order valence-electron chi connectivity index (χ4n) is 3.69. The van der Waals surface area contributed by atoms with Gasteiger partial charge in [0.15, 0.2) is 0 Å². The van der Waals surface area contributed by atoms with Gasteiger partial charge in [-0.15, -0.1) is 0 Å². The van der Waals surface area contributed by atoms with E-state index in [1.807, 2.05) is 0 Å². The molecule has 0 aromatic heterocycles. The van der Waals surface area contributed by atoms with Crippen molar-refractivity contribution in [2.45, 2.75) is 72.8 Å². The molecule has 2 unspecified atom stereocenters. The molecule has 0 aliphatic heterocycles. The first-order valence-electron chi connectivity index (χ1n) is 8.78. The van der Waals surface area contributed by atoms with Crippen LogP contribution < -0.4 is 5.32 Å². The van der Waals surface area contributed by atoms with Crippen molar-refractivity contribution in [3.63, 3.8) is 0 Å². The molecule has 0 saturated heterocycles. The summed E-state index contributed by atoms with van der Waals surface area (Å²) in [6.07, 6.45) is 6.74. The van der Waals surface area contributed by atoms with Crippen LogP contribution in [0.25, 0.3) is 0 Å². The van der Waals surface area contributed by atoms with Gasteiger partial charge in [-0.1, -0.05) is 41.0 Å². The van der Waals surface area contributed by atoms with Crippen molar-refractivity contribution in [2.24, 2.45) is 17.3 Å². The van der Waals surface area contributed by atoms with E-state index in [9.17, 15) is 0 Å². The summed E-state index contributed by atoms with van der Waals surface area (Å²) in [6, 6.07) is 0.692.